The molecule has 2 rings (SSSR count). The molecular formula is C11H16N4O3. The summed E-state index contributed by atoms with van der Waals surface area (Å²) in [5.41, 5.74) is -0.00537. The van der Waals surface area contributed by atoms with Crippen molar-refractivity contribution < 1.29 is 9.66 Å². The Morgan fingerprint density at radius 3 is 3.11 bits per heavy atom. The molecule has 1 atom stereocenters. The molecule has 0 aliphatic carbocycles. The van der Waals surface area contributed by atoms with Gasteiger partial charge in [-0.25, -0.2) is 4.98 Å². The monoisotopic (exact) mass is 252 g/mol. The normalized spacial score (nSPS) is 20.6. The van der Waals surface area contributed by atoms with E-state index in [0.717, 1.165) is 19.7 Å². The maximum Gasteiger partial charge on any atom is 0.287 e. The summed E-state index contributed by atoms with van der Waals surface area (Å²) in [7, 11) is 2.06. The third kappa shape index (κ3) is 3.38. The number of nitrogens with zero attached hydrogens (tertiary/aromatic N) is 3. The number of morpholine rings is 1. The van der Waals surface area contributed by atoms with Gasteiger partial charge in [-0.2, -0.15) is 0 Å². The topological polar surface area (TPSA) is 80.5 Å². The highest BCUT2D eigenvalue weighted by molar-refractivity contribution is 5.40. The molecule has 0 saturated carbocycles. The van der Waals surface area contributed by atoms with Crippen molar-refractivity contribution in [3.63, 3.8) is 0 Å². The van der Waals surface area contributed by atoms with Gasteiger partial charge in [0, 0.05) is 25.7 Å². The highest BCUT2D eigenvalue weighted by Gasteiger charge is 2.17. The first kappa shape index (κ1) is 12.7. The Kier molecular flexibility index (Phi) is 4.06. The number of hydrogen-bond acceptors (Lipinski definition) is 6. The van der Waals surface area contributed by atoms with Crippen LogP contribution >= 0.6 is 0 Å². The second kappa shape index (κ2) is 5.74. The minimum absolute atomic E-state index is 0.00537. The summed E-state index contributed by atoms with van der Waals surface area (Å²) in [6.07, 6.45) is 1.37. The van der Waals surface area contributed by atoms with Crippen molar-refractivity contribution >= 4 is 11.5 Å². The SMILES string of the molecule is CN1CCOC(CNc2ccc([N+](=O)[O-])cn2)C1. The summed E-state index contributed by atoms with van der Waals surface area (Å²) in [5, 5.41) is 13.6. The maximum atomic E-state index is 10.5. The molecule has 2 heterocycles. The fourth-order valence-corrected chi connectivity index (χ4v) is 1.81. The molecule has 1 aliphatic rings. The van der Waals surface area contributed by atoms with Crippen LogP contribution in [-0.2, 0) is 4.74 Å². The molecule has 1 unspecified atom stereocenters. The Balaban J connectivity index is 1.84. The molecule has 98 valence electrons. The lowest BCUT2D eigenvalue weighted by Gasteiger charge is -2.30. The average molecular weight is 252 g/mol. The van der Waals surface area contributed by atoms with E-state index in [2.05, 4.69) is 22.2 Å². The molecule has 7 heteroatoms. The van der Waals surface area contributed by atoms with Gasteiger partial charge in [-0.15, -0.1) is 0 Å². The first-order valence-electron chi connectivity index (χ1n) is 5.79. The minimum atomic E-state index is -0.462. The summed E-state index contributed by atoms with van der Waals surface area (Å²) in [4.78, 5) is 16.2. The molecule has 1 saturated heterocycles. The number of hydrogen-bond donors (Lipinski definition) is 1. The van der Waals surface area contributed by atoms with Gasteiger partial charge in [-0.1, -0.05) is 0 Å². The van der Waals surface area contributed by atoms with E-state index in [1.54, 1.807) is 6.07 Å². The van der Waals surface area contributed by atoms with Crippen LogP contribution in [0, 0.1) is 10.1 Å². The van der Waals surface area contributed by atoms with Crippen molar-refractivity contribution in [2.75, 3.05) is 38.6 Å². The largest absolute Gasteiger partial charge is 0.374 e. The zero-order valence-corrected chi connectivity index (χ0v) is 10.2. The lowest BCUT2D eigenvalue weighted by atomic mass is 10.3. The van der Waals surface area contributed by atoms with Crippen molar-refractivity contribution in [3.05, 3.63) is 28.4 Å². The van der Waals surface area contributed by atoms with Gasteiger partial charge < -0.3 is 15.0 Å². The predicted molar refractivity (Wildman–Crippen MR) is 66.6 cm³/mol. The number of aromatic nitrogens is 1. The molecule has 0 radical (unpaired) electrons. The van der Waals surface area contributed by atoms with Crippen LogP contribution in [0.25, 0.3) is 0 Å². The van der Waals surface area contributed by atoms with Gasteiger partial charge in [-0.3, -0.25) is 10.1 Å². The molecule has 0 aromatic carbocycles. The van der Waals surface area contributed by atoms with Crippen LogP contribution in [0.4, 0.5) is 11.5 Å². The van der Waals surface area contributed by atoms with Crippen LogP contribution in [0.3, 0.4) is 0 Å². The summed E-state index contributed by atoms with van der Waals surface area (Å²) < 4.78 is 5.59. The Hall–Kier alpha value is -1.73. The predicted octanol–water partition coefficient (Wildman–Crippen LogP) is 0.732. The number of anilines is 1. The maximum absolute atomic E-state index is 10.5. The summed E-state index contributed by atoms with van der Waals surface area (Å²) in [6.45, 7) is 3.21. The van der Waals surface area contributed by atoms with Crippen LogP contribution < -0.4 is 5.32 Å². The third-order valence-corrected chi connectivity index (χ3v) is 2.81. The number of nitrogens with one attached hydrogen (secondary N) is 1. The van der Waals surface area contributed by atoms with E-state index >= 15 is 0 Å². The number of ether oxygens (including phenoxy) is 1. The van der Waals surface area contributed by atoms with Gasteiger partial charge >= 0.3 is 0 Å². The van der Waals surface area contributed by atoms with E-state index in [9.17, 15) is 10.1 Å². The van der Waals surface area contributed by atoms with Crippen molar-refractivity contribution in [3.8, 4) is 0 Å². The van der Waals surface area contributed by atoms with Crippen LogP contribution in [-0.4, -0.2) is 54.2 Å². The summed E-state index contributed by atoms with van der Waals surface area (Å²) in [6, 6.07) is 3.04. The van der Waals surface area contributed by atoms with Crippen molar-refractivity contribution in [1.82, 2.24) is 9.88 Å². The number of pyridine rings is 1. The molecule has 0 spiro atoms. The zero-order valence-electron chi connectivity index (χ0n) is 10.2. The standard InChI is InChI=1S/C11H16N4O3/c1-14-4-5-18-10(8-14)7-13-11-3-2-9(6-12-11)15(16)17/h2-3,6,10H,4-5,7-8H2,1H3,(H,12,13). The van der Waals surface area contributed by atoms with Crippen molar-refractivity contribution in [2.24, 2.45) is 0 Å². The van der Waals surface area contributed by atoms with Crippen molar-refractivity contribution in [2.45, 2.75) is 6.10 Å². The third-order valence-electron chi connectivity index (χ3n) is 2.81. The lowest BCUT2D eigenvalue weighted by Crippen LogP contribution is -2.43. The van der Waals surface area contributed by atoms with Gasteiger partial charge in [-0.05, 0) is 13.1 Å². The number of likely N-dealkylation sites (N-methyl/N-ethyl adjacent to an activating group) is 1. The van der Waals surface area contributed by atoms with Crippen LogP contribution in [0.1, 0.15) is 0 Å². The van der Waals surface area contributed by atoms with Gasteiger partial charge in [0.2, 0.25) is 0 Å². The molecule has 1 aromatic rings. The minimum Gasteiger partial charge on any atom is -0.374 e. The summed E-state index contributed by atoms with van der Waals surface area (Å²) >= 11 is 0. The second-order valence-electron chi connectivity index (χ2n) is 4.29. The van der Waals surface area contributed by atoms with Gasteiger partial charge in [0.05, 0.1) is 17.6 Å². The fourth-order valence-electron chi connectivity index (χ4n) is 1.81. The molecule has 0 amide bonds. The fraction of sp³-hybridized carbons (Fsp3) is 0.545. The number of nitro groups is 1. The molecule has 18 heavy (non-hydrogen) atoms. The summed E-state index contributed by atoms with van der Waals surface area (Å²) in [5.74, 6) is 0.623. The number of rotatable bonds is 4. The Morgan fingerprint density at radius 2 is 2.50 bits per heavy atom. The average Bonchev–Trinajstić information content (AvgIpc) is 2.37. The highest BCUT2D eigenvalue weighted by atomic mass is 16.6. The smallest absolute Gasteiger partial charge is 0.287 e. The van der Waals surface area contributed by atoms with Gasteiger partial charge in [0.15, 0.2) is 0 Å². The molecule has 7 nitrogen and oxygen atoms in total. The van der Waals surface area contributed by atoms with Crippen LogP contribution in [0.5, 0.6) is 0 Å². The molecule has 1 N–H and O–H groups in total. The molecule has 0 bridgehead atoms. The van der Waals surface area contributed by atoms with E-state index in [4.69, 9.17) is 4.74 Å². The first-order chi connectivity index (χ1) is 8.65. The van der Waals surface area contributed by atoms with Gasteiger partial charge in [0.25, 0.3) is 5.69 Å². The van der Waals surface area contributed by atoms with Gasteiger partial charge in [0.1, 0.15) is 12.0 Å². The Morgan fingerprint density at radius 1 is 1.67 bits per heavy atom. The van der Waals surface area contributed by atoms with Crippen molar-refractivity contribution in [1.29, 1.82) is 0 Å². The first-order valence-corrected chi connectivity index (χ1v) is 5.79. The molecular weight excluding hydrogens is 236 g/mol. The molecule has 1 aliphatic heterocycles. The Labute approximate surface area is 105 Å². The highest BCUT2D eigenvalue weighted by Crippen LogP contribution is 2.12. The second-order valence-corrected chi connectivity index (χ2v) is 4.29. The lowest BCUT2D eigenvalue weighted by molar-refractivity contribution is -0.385. The molecule has 1 fully saturated rings. The quantitative estimate of drug-likeness (QED) is 0.628. The zero-order chi connectivity index (χ0) is 13.0. The van der Waals surface area contributed by atoms with E-state index in [0.29, 0.717) is 12.4 Å². The molecule has 1 aromatic heterocycles. The van der Waals surface area contributed by atoms with Crippen LogP contribution in [0.15, 0.2) is 18.3 Å². The Bertz CT molecular complexity index is 409. The van der Waals surface area contributed by atoms with E-state index in [1.807, 2.05) is 0 Å². The van der Waals surface area contributed by atoms with Crippen LogP contribution in [0.2, 0.25) is 0 Å². The van der Waals surface area contributed by atoms with E-state index in [-0.39, 0.29) is 11.8 Å². The van der Waals surface area contributed by atoms with E-state index in [1.165, 1.54) is 12.3 Å². The van der Waals surface area contributed by atoms with E-state index < -0.39 is 4.92 Å².